The molecule has 1 saturated carbocycles. The molecule has 0 aromatic heterocycles. The van der Waals surface area contributed by atoms with Crippen LogP contribution < -0.4 is 0 Å². The Morgan fingerprint density at radius 1 is 0.870 bits per heavy atom. The van der Waals surface area contributed by atoms with Gasteiger partial charge in [-0.1, -0.05) is 39.8 Å². The summed E-state index contributed by atoms with van der Waals surface area (Å²) in [6.45, 7) is 8.78. The number of esters is 2. The predicted octanol–water partition coefficient (Wildman–Crippen LogP) is 3.89. The third-order valence-electron chi connectivity index (χ3n) is 5.86. The third-order valence-corrected chi connectivity index (χ3v) is 5.86. The van der Waals surface area contributed by atoms with E-state index in [1.54, 1.807) is 0 Å². The molecule has 0 aliphatic heterocycles. The molecule has 0 heterocycles. The van der Waals surface area contributed by atoms with Gasteiger partial charge in [-0.15, -0.1) is 0 Å². The van der Waals surface area contributed by atoms with E-state index in [-0.39, 0.29) is 23.8 Å². The molecule has 0 amide bonds. The number of hydrogen-bond acceptors (Lipinski definition) is 4. The van der Waals surface area contributed by atoms with Crippen LogP contribution in [-0.4, -0.2) is 25.2 Å². The predicted molar refractivity (Wildman–Crippen MR) is 88.7 cm³/mol. The smallest absolute Gasteiger partial charge is 0.313 e. The fourth-order valence-electron chi connectivity index (χ4n) is 4.85. The molecule has 2 aliphatic carbocycles. The monoisotopic (exact) mass is 322 g/mol. The van der Waals surface area contributed by atoms with E-state index in [0.29, 0.717) is 26.1 Å². The molecule has 0 aromatic carbocycles. The summed E-state index contributed by atoms with van der Waals surface area (Å²) in [5.41, 5.74) is -1.55. The van der Waals surface area contributed by atoms with Gasteiger partial charge in [0.15, 0.2) is 0 Å². The summed E-state index contributed by atoms with van der Waals surface area (Å²) >= 11 is 0. The van der Waals surface area contributed by atoms with Crippen LogP contribution >= 0.6 is 0 Å². The lowest BCUT2D eigenvalue weighted by atomic mass is 9.55. The first kappa shape index (κ1) is 18.0. The SMILES string of the molecule is CCCOC(=O)C1(CC)[C@@H]2C=C[C@H](C2)C1(CC)C(=O)OCCC. The summed E-state index contributed by atoms with van der Waals surface area (Å²) < 4.78 is 11.1. The molecule has 23 heavy (non-hydrogen) atoms. The second-order valence-electron chi connectivity index (χ2n) is 6.76. The van der Waals surface area contributed by atoms with Crippen LogP contribution in [-0.2, 0) is 19.1 Å². The zero-order chi connectivity index (χ0) is 17.1. The molecule has 0 N–H and O–H groups in total. The third kappa shape index (κ3) is 2.41. The molecule has 1 fully saturated rings. The molecule has 0 radical (unpaired) electrons. The number of ether oxygens (including phenoxy) is 2. The van der Waals surface area contributed by atoms with Gasteiger partial charge in [-0.05, 0) is 43.9 Å². The van der Waals surface area contributed by atoms with Crippen molar-refractivity contribution in [2.24, 2.45) is 22.7 Å². The van der Waals surface area contributed by atoms with Crippen LogP contribution in [0, 0.1) is 22.7 Å². The summed E-state index contributed by atoms with van der Waals surface area (Å²) in [4.78, 5) is 26.1. The van der Waals surface area contributed by atoms with E-state index in [9.17, 15) is 9.59 Å². The molecule has 2 aliphatic rings. The van der Waals surface area contributed by atoms with Crippen LogP contribution in [0.25, 0.3) is 0 Å². The van der Waals surface area contributed by atoms with Crippen LogP contribution in [0.4, 0.5) is 0 Å². The average Bonchev–Trinajstić information content (AvgIpc) is 3.15. The molecular weight excluding hydrogens is 292 g/mol. The van der Waals surface area contributed by atoms with E-state index in [2.05, 4.69) is 12.2 Å². The quantitative estimate of drug-likeness (QED) is 0.502. The molecule has 0 saturated heterocycles. The highest BCUT2D eigenvalue weighted by Crippen LogP contribution is 2.67. The fourth-order valence-corrected chi connectivity index (χ4v) is 4.85. The van der Waals surface area contributed by atoms with Gasteiger partial charge in [0.05, 0.1) is 24.0 Å². The van der Waals surface area contributed by atoms with Gasteiger partial charge in [0, 0.05) is 0 Å². The van der Waals surface area contributed by atoms with Crippen molar-refractivity contribution < 1.29 is 19.1 Å². The van der Waals surface area contributed by atoms with Crippen LogP contribution in [0.5, 0.6) is 0 Å². The second-order valence-corrected chi connectivity index (χ2v) is 6.76. The van der Waals surface area contributed by atoms with Crippen molar-refractivity contribution >= 4 is 11.9 Å². The summed E-state index contributed by atoms with van der Waals surface area (Å²) in [5.74, 6) is -0.269. The van der Waals surface area contributed by atoms with Crippen molar-refractivity contribution in [1.82, 2.24) is 0 Å². The molecule has 130 valence electrons. The van der Waals surface area contributed by atoms with Gasteiger partial charge >= 0.3 is 11.9 Å². The highest BCUT2D eigenvalue weighted by molar-refractivity contribution is 5.91. The van der Waals surface area contributed by atoms with E-state index >= 15 is 0 Å². The van der Waals surface area contributed by atoms with Crippen molar-refractivity contribution in [2.45, 2.75) is 59.8 Å². The van der Waals surface area contributed by atoms with Gasteiger partial charge < -0.3 is 9.47 Å². The Bertz CT molecular complexity index is 442. The maximum atomic E-state index is 13.0. The normalized spacial score (nSPS) is 34.6. The van der Waals surface area contributed by atoms with Crippen molar-refractivity contribution in [3.05, 3.63) is 12.2 Å². The molecular formula is C19H30O4. The zero-order valence-electron chi connectivity index (χ0n) is 14.9. The van der Waals surface area contributed by atoms with Crippen LogP contribution in [0.15, 0.2) is 12.2 Å². The summed E-state index contributed by atoms with van der Waals surface area (Å²) in [6.07, 6.45) is 7.87. The maximum absolute atomic E-state index is 13.0. The van der Waals surface area contributed by atoms with Crippen molar-refractivity contribution in [3.8, 4) is 0 Å². The topological polar surface area (TPSA) is 52.6 Å². The first-order chi connectivity index (χ1) is 11.0. The first-order valence-electron chi connectivity index (χ1n) is 9.07. The molecule has 0 aromatic rings. The van der Waals surface area contributed by atoms with E-state index in [1.807, 2.05) is 27.7 Å². The van der Waals surface area contributed by atoms with Crippen LogP contribution in [0.3, 0.4) is 0 Å². The summed E-state index contributed by atoms with van der Waals surface area (Å²) in [7, 11) is 0. The molecule has 0 spiro atoms. The van der Waals surface area contributed by atoms with Crippen molar-refractivity contribution in [2.75, 3.05) is 13.2 Å². The van der Waals surface area contributed by atoms with Crippen LogP contribution in [0.2, 0.25) is 0 Å². The maximum Gasteiger partial charge on any atom is 0.313 e. The molecule has 2 bridgehead atoms. The minimum atomic E-state index is -0.777. The summed E-state index contributed by atoms with van der Waals surface area (Å²) in [6, 6.07) is 0. The Kier molecular flexibility index (Phi) is 5.53. The highest BCUT2D eigenvalue weighted by atomic mass is 16.5. The number of rotatable bonds is 8. The lowest BCUT2D eigenvalue weighted by molar-refractivity contribution is -0.185. The molecule has 4 nitrogen and oxygen atoms in total. The molecule has 2 unspecified atom stereocenters. The van der Waals surface area contributed by atoms with Crippen molar-refractivity contribution in [3.63, 3.8) is 0 Å². The molecule has 2 rings (SSSR count). The van der Waals surface area contributed by atoms with Gasteiger partial charge in [-0.3, -0.25) is 9.59 Å². The minimum Gasteiger partial charge on any atom is -0.465 e. The largest absolute Gasteiger partial charge is 0.465 e. The van der Waals surface area contributed by atoms with Gasteiger partial charge in [0.2, 0.25) is 0 Å². The molecule has 4 atom stereocenters. The number of carbonyl (C=O) groups is 2. The highest BCUT2D eigenvalue weighted by Gasteiger charge is 2.72. The number of fused-ring (bicyclic) bond motifs is 2. The second kappa shape index (κ2) is 7.06. The Balaban J connectivity index is 2.45. The van der Waals surface area contributed by atoms with Gasteiger partial charge in [0.25, 0.3) is 0 Å². The first-order valence-corrected chi connectivity index (χ1v) is 9.07. The van der Waals surface area contributed by atoms with E-state index in [1.165, 1.54) is 0 Å². The average molecular weight is 322 g/mol. The Hall–Kier alpha value is -1.32. The molecule has 4 heteroatoms. The Labute approximate surface area is 139 Å². The lowest BCUT2D eigenvalue weighted by Gasteiger charge is -2.47. The van der Waals surface area contributed by atoms with Gasteiger partial charge in [-0.25, -0.2) is 0 Å². The Morgan fingerprint density at radius 3 is 1.57 bits per heavy atom. The van der Waals surface area contributed by atoms with Crippen LogP contribution in [0.1, 0.15) is 59.8 Å². The zero-order valence-corrected chi connectivity index (χ0v) is 14.9. The minimum absolute atomic E-state index is 0.0796. The van der Waals surface area contributed by atoms with Crippen molar-refractivity contribution in [1.29, 1.82) is 0 Å². The number of allylic oxidation sites excluding steroid dienone is 2. The van der Waals surface area contributed by atoms with E-state index in [4.69, 9.17) is 9.47 Å². The lowest BCUT2D eigenvalue weighted by Crippen LogP contribution is -2.55. The van der Waals surface area contributed by atoms with E-state index < -0.39 is 10.8 Å². The van der Waals surface area contributed by atoms with E-state index in [0.717, 1.165) is 19.3 Å². The fraction of sp³-hybridized carbons (Fsp3) is 0.789. The number of carbonyl (C=O) groups excluding carboxylic acids is 2. The number of hydrogen-bond donors (Lipinski definition) is 0. The van der Waals surface area contributed by atoms with Gasteiger partial charge in [-0.2, -0.15) is 0 Å². The Morgan fingerprint density at radius 2 is 1.26 bits per heavy atom. The standard InChI is InChI=1S/C19H30O4/c1-5-11-22-16(20)18(7-3)14-9-10-15(13-14)19(18,8-4)17(21)23-12-6-2/h9-10,14-15H,5-8,11-13H2,1-4H3/t14-,15-,18?,19?/m1/s1. The summed E-state index contributed by atoms with van der Waals surface area (Å²) in [5, 5.41) is 0. The van der Waals surface area contributed by atoms with Gasteiger partial charge in [0.1, 0.15) is 0 Å².